The number of nitrogens with one attached hydrogen (secondary N) is 3. The third kappa shape index (κ3) is 7.37. The summed E-state index contributed by atoms with van der Waals surface area (Å²) in [6, 6.07) is 20.7. The molecule has 6 heterocycles. The predicted octanol–water partition coefficient (Wildman–Crippen LogP) is 6.86. The van der Waals surface area contributed by atoms with Gasteiger partial charge in [0.05, 0.1) is 5.52 Å². The van der Waals surface area contributed by atoms with Gasteiger partial charge in [-0.3, -0.25) is 9.69 Å². The fourth-order valence-corrected chi connectivity index (χ4v) is 8.47. The van der Waals surface area contributed by atoms with Crippen LogP contribution in [0, 0.1) is 19.8 Å². The zero-order valence-corrected chi connectivity index (χ0v) is 32.6. The van der Waals surface area contributed by atoms with E-state index >= 15 is 0 Å². The van der Waals surface area contributed by atoms with Gasteiger partial charge in [0.15, 0.2) is 0 Å². The number of ether oxygens (including phenoxy) is 1. The molecule has 0 bridgehead atoms. The molecule has 0 atom stereocenters. The number of piperazine rings is 1. The molecule has 0 spiro atoms. The molecule has 2 aromatic heterocycles. The summed E-state index contributed by atoms with van der Waals surface area (Å²) in [5, 5.41) is 10.6. The summed E-state index contributed by atoms with van der Waals surface area (Å²) >= 11 is 0. The highest BCUT2D eigenvalue weighted by molar-refractivity contribution is 5.95. The van der Waals surface area contributed by atoms with Gasteiger partial charge in [-0.25, -0.2) is 19.7 Å². The summed E-state index contributed by atoms with van der Waals surface area (Å²) in [6.45, 7) is 14.7. The van der Waals surface area contributed by atoms with E-state index in [2.05, 4.69) is 103 Å². The first-order valence-electron chi connectivity index (χ1n) is 19.9. The van der Waals surface area contributed by atoms with Crippen LogP contribution in [0.15, 0.2) is 85.3 Å². The van der Waals surface area contributed by atoms with E-state index in [1.165, 1.54) is 0 Å². The van der Waals surface area contributed by atoms with Crippen molar-refractivity contribution in [2.45, 2.75) is 33.1 Å². The van der Waals surface area contributed by atoms with Crippen molar-refractivity contribution >= 4 is 57.2 Å². The smallest absolute Gasteiger partial charge is 0.326 e. The van der Waals surface area contributed by atoms with Gasteiger partial charge in [-0.1, -0.05) is 18.7 Å². The summed E-state index contributed by atoms with van der Waals surface area (Å²) in [4.78, 5) is 48.7. The minimum atomic E-state index is -0.126. The summed E-state index contributed by atoms with van der Waals surface area (Å²) in [5.41, 5.74) is 10.9. The molecule has 4 aliphatic heterocycles. The number of hydrogen-bond acceptors (Lipinski definition) is 10. The van der Waals surface area contributed by atoms with Gasteiger partial charge in [0.25, 0.3) is 0 Å². The summed E-state index contributed by atoms with van der Waals surface area (Å²) < 4.78 is 5.72. The Bertz CT molecular complexity index is 2350. The fraction of sp³-hybridized carbons (Fsp3) is 0.341. The zero-order valence-electron chi connectivity index (χ0n) is 32.6. The molecule has 292 valence electrons. The van der Waals surface area contributed by atoms with Crippen molar-refractivity contribution in [1.29, 1.82) is 0 Å². The molecule has 9 rings (SSSR count). The number of fused-ring (bicyclic) bond motifs is 2. The predicted molar refractivity (Wildman–Crippen MR) is 226 cm³/mol. The van der Waals surface area contributed by atoms with Gasteiger partial charge in [-0.05, 0) is 91.9 Å². The van der Waals surface area contributed by atoms with E-state index in [0.717, 1.165) is 119 Å². The van der Waals surface area contributed by atoms with E-state index in [9.17, 15) is 9.59 Å². The minimum absolute atomic E-state index is 0.0470. The number of aromatic nitrogens is 3. The van der Waals surface area contributed by atoms with Crippen molar-refractivity contribution in [3.63, 3.8) is 0 Å². The molecule has 0 aliphatic carbocycles. The normalized spacial score (nSPS) is 17.5. The van der Waals surface area contributed by atoms with Crippen molar-refractivity contribution in [3.8, 4) is 17.0 Å². The van der Waals surface area contributed by atoms with Gasteiger partial charge in [0, 0.05) is 116 Å². The van der Waals surface area contributed by atoms with Crippen LogP contribution < -0.4 is 35.4 Å². The Kier molecular flexibility index (Phi) is 9.73. The van der Waals surface area contributed by atoms with Crippen LogP contribution in [0.5, 0.6) is 5.88 Å². The van der Waals surface area contributed by atoms with Crippen LogP contribution in [-0.2, 0) is 4.79 Å². The second kappa shape index (κ2) is 15.3. The molecule has 3 saturated heterocycles. The number of urea groups is 1. The summed E-state index contributed by atoms with van der Waals surface area (Å²) in [6.07, 6.45) is 6.14. The SMILES string of the molecule is C=C1CCN(c2ccc(N3CCN(C(=O)C4CCN(c5ccc(Nc6ncc7ccc(-c8cnc9c(c8C)NCCO9)cc7n6)cc5)CC4)CC3)cc2C)C(=O)N1. The second-order valence-electron chi connectivity index (χ2n) is 15.4. The molecule has 13 nitrogen and oxygen atoms in total. The molecule has 0 radical (unpaired) electrons. The average Bonchev–Trinajstić information content (AvgIpc) is 3.24. The molecule has 3 amide bonds. The third-order valence-electron chi connectivity index (χ3n) is 11.8. The Morgan fingerprint density at radius 3 is 2.42 bits per heavy atom. The Labute approximate surface area is 332 Å². The van der Waals surface area contributed by atoms with E-state index in [1.54, 1.807) is 4.90 Å². The first kappa shape index (κ1) is 36.3. The van der Waals surface area contributed by atoms with Gasteiger partial charge in [0.1, 0.15) is 12.3 Å². The van der Waals surface area contributed by atoms with Gasteiger partial charge in [-0.2, -0.15) is 0 Å². The lowest BCUT2D eigenvalue weighted by atomic mass is 9.94. The molecular formula is C44H48N10O3. The Balaban J connectivity index is 0.769. The van der Waals surface area contributed by atoms with Gasteiger partial charge < -0.3 is 35.4 Å². The minimum Gasteiger partial charge on any atom is -0.474 e. The molecule has 0 unspecified atom stereocenters. The average molecular weight is 765 g/mol. The second-order valence-corrected chi connectivity index (χ2v) is 15.4. The van der Waals surface area contributed by atoms with Crippen LogP contribution in [-0.4, -0.2) is 90.8 Å². The standard InChI is InChI=1S/C44H48N10O3/c1-28-24-36(10-11-39(28)54-18-12-29(2)48-44(54)56)52-19-21-53(22-20-52)42(55)31-13-16-51(17-14-31)35-8-6-34(7-9-35)49-43-47-26-33-5-4-32(25-38(33)50-43)37-27-46-41-40(30(37)3)45-15-23-57-41/h4-11,24-27,31,45H,2,12-23H2,1,3H3,(H,48,56)(H,47,49,50). The lowest BCUT2D eigenvalue weighted by Crippen LogP contribution is -2.51. The highest BCUT2D eigenvalue weighted by Crippen LogP contribution is 2.36. The lowest BCUT2D eigenvalue weighted by molar-refractivity contribution is -0.136. The van der Waals surface area contributed by atoms with Gasteiger partial charge >= 0.3 is 6.03 Å². The molecular weight excluding hydrogens is 717 g/mol. The molecule has 13 heteroatoms. The lowest BCUT2D eigenvalue weighted by Gasteiger charge is -2.40. The van der Waals surface area contributed by atoms with E-state index in [-0.39, 0.29) is 17.9 Å². The highest BCUT2D eigenvalue weighted by atomic mass is 16.5. The number of amides is 3. The highest BCUT2D eigenvalue weighted by Gasteiger charge is 2.31. The van der Waals surface area contributed by atoms with Crippen LogP contribution in [0.4, 0.5) is 39.2 Å². The van der Waals surface area contributed by atoms with E-state index < -0.39 is 0 Å². The Morgan fingerprint density at radius 2 is 1.65 bits per heavy atom. The molecule has 57 heavy (non-hydrogen) atoms. The molecule has 4 aliphatic rings. The summed E-state index contributed by atoms with van der Waals surface area (Å²) in [7, 11) is 0. The number of piperidine rings is 1. The number of nitrogens with zero attached hydrogens (tertiary/aromatic N) is 7. The van der Waals surface area contributed by atoms with Gasteiger partial charge in [0.2, 0.25) is 17.7 Å². The monoisotopic (exact) mass is 764 g/mol. The Hall–Kier alpha value is -6.37. The Morgan fingerprint density at radius 1 is 0.877 bits per heavy atom. The van der Waals surface area contributed by atoms with Gasteiger partial charge in [-0.15, -0.1) is 0 Å². The van der Waals surface area contributed by atoms with Crippen LogP contribution in [0.25, 0.3) is 22.0 Å². The first-order chi connectivity index (χ1) is 27.8. The first-order valence-corrected chi connectivity index (χ1v) is 19.9. The number of carbonyl (C=O) groups is 2. The van der Waals surface area contributed by atoms with Crippen molar-refractivity contribution in [2.75, 3.05) is 84.3 Å². The summed E-state index contributed by atoms with van der Waals surface area (Å²) in [5.74, 6) is 1.51. The molecule has 3 aromatic carbocycles. The maximum atomic E-state index is 13.6. The van der Waals surface area contributed by atoms with Crippen molar-refractivity contribution in [2.24, 2.45) is 5.92 Å². The number of rotatable bonds is 7. The van der Waals surface area contributed by atoms with Crippen molar-refractivity contribution < 1.29 is 14.3 Å². The third-order valence-corrected chi connectivity index (χ3v) is 11.8. The molecule has 0 saturated carbocycles. The van der Waals surface area contributed by atoms with Crippen LogP contribution in [0.1, 0.15) is 30.4 Å². The fourth-order valence-electron chi connectivity index (χ4n) is 8.47. The van der Waals surface area contributed by atoms with E-state index in [1.807, 2.05) is 31.5 Å². The number of pyridine rings is 1. The molecule has 3 fully saturated rings. The van der Waals surface area contributed by atoms with E-state index in [0.29, 0.717) is 38.1 Å². The van der Waals surface area contributed by atoms with Crippen LogP contribution >= 0.6 is 0 Å². The van der Waals surface area contributed by atoms with E-state index in [4.69, 9.17) is 9.72 Å². The van der Waals surface area contributed by atoms with Crippen molar-refractivity contribution in [1.82, 2.24) is 25.2 Å². The largest absolute Gasteiger partial charge is 0.474 e. The van der Waals surface area contributed by atoms with Crippen LogP contribution in [0.3, 0.4) is 0 Å². The number of anilines is 6. The maximum absolute atomic E-state index is 13.6. The maximum Gasteiger partial charge on any atom is 0.326 e. The van der Waals surface area contributed by atoms with Crippen LogP contribution in [0.2, 0.25) is 0 Å². The zero-order chi connectivity index (χ0) is 39.0. The molecule has 5 aromatic rings. The molecule has 3 N–H and O–H groups in total. The number of benzene rings is 3. The number of hydrogen-bond donors (Lipinski definition) is 3. The van der Waals surface area contributed by atoms with Crippen molar-refractivity contribution in [3.05, 3.63) is 96.5 Å². The number of carbonyl (C=O) groups excluding carboxylic acids is 2. The quantitative estimate of drug-likeness (QED) is 0.162. The number of aryl methyl sites for hydroxylation is 1. The topological polar surface area (TPSA) is 131 Å².